The Labute approximate surface area is 167 Å². The lowest BCUT2D eigenvalue weighted by atomic mass is 10.1. The smallest absolute Gasteiger partial charge is 0.319 e. The molecular formula is C19H23N5O3S. The molecule has 0 spiro atoms. The average Bonchev–Trinajstić information content (AvgIpc) is 3.12. The van der Waals surface area contributed by atoms with Crippen molar-refractivity contribution in [3.8, 4) is 0 Å². The monoisotopic (exact) mass is 401 g/mol. The normalized spacial score (nSPS) is 15.0. The van der Waals surface area contributed by atoms with Crippen molar-refractivity contribution in [1.82, 2.24) is 10.2 Å². The molecule has 4 amide bonds. The number of urea groups is 1. The van der Waals surface area contributed by atoms with Gasteiger partial charge in [-0.25, -0.2) is 4.79 Å². The standard InChI is InChI=1S/C19H23N5O3S/c20-17(26)15-8-11-28-18(15)23-16(25)12-24-9-6-14(7-10-24)22-19(27)21-13-4-2-1-3-5-13/h1-5,8,11,14H,6-7,9-10,12H2,(H2,20,26)(H,23,25)(H2,21,22,27). The lowest BCUT2D eigenvalue weighted by Gasteiger charge is -2.31. The fourth-order valence-corrected chi connectivity index (χ4v) is 3.89. The molecule has 28 heavy (non-hydrogen) atoms. The van der Waals surface area contributed by atoms with Gasteiger partial charge in [0.1, 0.15) is 5.00 Å². The molecule has 0 unspecified atom stereocenters. The number of carbonyl (C=O) groups is 3. The van der Waals surface area contributed by atoms with Crippen molar-refractivity contribution in [1.29, 1.82) is 0 Å². The third-order valence-electron chi connectivity index (χ3n) is 4.51. The lowest BCUT2D eigenvalue weighted by Crippen LogP contribution is -2.47. The van der Waals surface area contributed by atoms with E-state index in [2.05, 4.69) is 16.0 Å². The van der Waals surface area contributed by atoms with Crippen LogP contribution in [0.4, 0.5) is 15.5 Å². The third kappa shape index (κ3) is 5.54. The summed E-state index contributed by atoms with van der Waals surface area (Å²) in [4.78, 5) is 37.7. The Morgan fingerprint density at radius 1 is 1.07 bits per heavy atom. The van der Waals surface area contributed by atoms with Crippen LogP contribution in [0.2, 0.25) is 0 Å². The van der Waals surface area contributed by atoms with Gasteiger partial charge >= 0.3 is 6.03 Å². The number of hydrogen-bond acceptors (Lipinski definition) is 5. The van der Waals surface area contributed by atoms with Crippen LogP contribution in [-0.2, 0) is 4.79 Å². The van der Waals surface area contributed by atoms with E-state index in [4.69, 9.17) is 5.73 Å². The van der Waals surface area contributed by atoms with Crippen molar-refractivity contribution in [2.24, 2.45) is 5.73 Å². The van der Waals surface area contributed by atoms with Crippen LogP contribution in [0, 0.1) is 0 Å². The molecule has 148 valence electrons. The van der Waals surface area contributed by atoms with E-state index in [0.29, 0.717) is 23.7 Å². The Morgan fingerprint density at radius 2 is 1.79 bits per heavy atom. The first kappa shape index (κ1) is 19.8. The van der Waals surface area contributed by atoms with Crippen molar-refractivity contribution < 1.29 is 14.4 Å². The Hall–Kier alpha value is -2.91. The maximum atomic E-state index is 12.2. The van der Waals surface area contributed by atoms with Crippen LogP contribution < -0.4 is 21.7 Å². The van der Waals surface area contributed by atoms with Crippen LogP contribution in [0.3, 0.4) is 0 Å². The van der Waals surface area contributed by atoms with Crippen molar-refractivity contribution in [3.05, 3.63) is 47.3 Å². The first-order valence-corrected chi connectivity index (χ1v) is 9.91. The number of hydrogen-bond donors (Lipinski definition) is 4. The lowest BCUT2D eigenvalue weighted by molar-refractivity contribution is -0.117. The van der Waals surface area contributed by atoms with Crippen LogP contribution in [0.1, 0.15) is 23.2 Å². The summed E-state index contributed by atoms with van der Waals surface area (Å²) in [5.74, 6) is -0.740. The number of para-hydroxylation sites is 1. The fraction of sp³-hybridized carbons (Fsp3) is 0.316. The van der Waals surface area contributed by atoms with Gasteiger partial charge in [-0.2, -0.15) is 0 Å². The number of anilines is 2. The minimum atomic E-state index is -0.558. The number of amides is 4. The number of thiophene rings is 1. The largest absolute Gasteiger partial charge is 0.366 e. The highest BCUT2D eigenvalue weighted by molar-refractivity contribution is 7.14. The van der Waals surface area contributed by atoms with Crippen molar-refractivity contribution in [2.75, 3.05) is 30.3 Å². The Kier molecular flexibility index (Phi) is 6.62. The zero-order valence-corrected chi connectivity index (χ0v) is 16.1. The number of rotatable bonds is 6. The molecule has 2 heterocycles. The number of nitrogens with two attached hydrogens (primary N) is 1. The second kappa shape index (κ2) is 9.34. The number of carbonyl (C=O) groups excluding carboxylic acids is 3. The second-order valence-corrected chi connectivity index (χ2v) is 7.51. The molecule has 3 rings (SSSR count). The van der Waals surface area contributed by atoms with E-state index in [-0.39, 0.29) is 24.5 Å². The summed E-state index contributed by atoms with van der Waals surface area (Å²) in [5.41, 5.74) is 6.36. The van der Waals surface area contributed by atoms with Gasteiger partial charge in [-0.15, -0.1) is 11.3 Å². The quantitative estimate of drug-likeness (QED) is 0.593. The summed E-state index contributed by atoms with van der Waals surface area (Å²) >= 11 is 1.27. The van der Waals surface area contributed by atoms with Crippen LogP contribution in [0.5, 0.6) is 0 Å². The second-order valence-electron chi connectivity index (χ2n) is 6.59. The van der Waals surface area contributed by atoms with Gasteiger partial charge in [-0.05, 0) is 36.4 Å². The van der Waals surface area contributed by atoms with Gasteiger partial charge in [0, 0.05) is 24.8 Å². The molecule has 1 aromatic heterocycles. The van der Waals surface area contributed by atoms with Gasteiger partial charge in [0.15, 0.2) is 0 Å². The van der Waals surface area contributed by atoms with Crippen LogP contribution in [0.15, 0.2) is 41.8 Å². The van der Waals surface area contributed by atoms with Crippen LogP contribution >= 0.6 is 11.3 Å². The number of piperidine rings is 1. The van der Waals surface area contributed by atoms with Gasteiger partial charge in [0.25, 0.3) is 5.91 Å². The molecule has 0 atom stereocenters. The van der Waals surface area contributed by atoms with Gasteiger partial charge in [0.05, 0.1) is 12.1 Å². The zero-order chi connectivity index (χ0) is 19.9. The van der Waals surface area contributed by atoms with Gasteiger partial charge in [-0.1, -0.05) is 18.2 Å². The maximum absolute atomic E-state index is 12.2. The summed E-state index contributed by atoms with van der Waals surface area (Å²) < 4.78 is 0. The number of nitrogens with zero attached hydrogens (tertiary/aromatic N) is 1. The zero-order valence-electron chi connectivity index (χ0n) is 15.3. The number of benzene rings is 1. The highest BCUT2D eigenvalue weighted by atomic mass is 32.1. The average molecular weight is 401 g/mol. The molecular weight excluding hydrogens is 378 g/mol. The van der Waals surface area contributed by atoms with Gasteiger partial charge in [0.2, 0.25) is 5.91 Å². The predicted molar refractivity (Wildman–Crippen MR) is 110 cm³/mol. The summed E-state index contributed by atoms with van der Waals surface area (Å²) in [6.45, 7) is 1.65. The Bertz CT molecular complexity index is 831. The predicted octanol–water partition coefficient (Wildman–Crippen LogP) is 2.07. The molecule has 9 heteroatoms. The van der Waals surface area contributed by atoms with Crippen molar-refractivity contribution in [3.63, 3.8) is 0 Å². The first-order valence-electron chi connectivity index (χ1n) is 9.03. The minimum absolute atomic E-state index is 0.0711. The Morgan fingerprint density at radius 3 is 2.46 bits per heavy atom. The molecule has 1 aromatic carbocycles. The van der Waals surface area contributed by atoms with Gasteiger partial charge < -0.3 is 21.7 Å². The van der Waals surface area contributed by atoms with Crippen LogP contribution in [0.25, 0.3) is 0 Å². The number of likely N-dealkylation sites (tertiary alicyclic amines) is 1. The fourth-order valence-electron chi connectivity index (χ4n) is 3.08. The molecule has 1 aliphatic rings. The highest BCUT2D eigenvalue weighted by Crippen LogP contribution is 2.22. The van der Waals surface area contributed by atoms with E-state index in [1.165, 1.54) is 11.3 Å². The molecule has 0 aliphatic carbocycles. The van der Waals surface area contributed by atoms with Gasteiger partial charge in [-0.3, -0.25) is 14.5 Å². The van der Waals surface area contributed by atoms with E-state index in [0.717, 1.165) is 18.5 Å². The number of primary amides is 1. The van der Waals surface area contributed by atoms with E-state index in [1.807, 2.05) is 35.2 Å². The van der Waals surface area contributed by atoms with Crippen molar-refractivity contribution in [2.45, 2.75) is 18.9 Å². The maximum Gasteiger partial charge on any atom is 0.319 e. The van der Waals surface area contributed by atoms with E-state index in [9.17, 15) is 14.4 Å². The highest BCUT2D eigenvalue weighted by Gasteiger charge is 2.22. The Balaban J connectivity index is 1.40. The molecule has 0 radical (unpaired) electrons. The van der Waals surface area contributed by atoms with E-state index >= 15 is 0 Å². The summed E-state index contributed by atoms with van der Waals surface area (Å²) in [7, 11) is 0. The molecule has 8 nitrogen and oxygen atoms in total. The molecule has 5 N–H and O–H groups in total. The molecule has 0 saturated carbocycles. The SMILES string of the molecule is NC(=O)c1ccsc1NC(=O)CN1CCC(NC(=O)Nc2ccccc2)CC1. The van der Waals surface area contributed by atoms with Crippen molar-refractivity contribution >= 4 is 39.9 Å². The first-order chi connectivity index (χ1) is 13.5. The summed E-state index contributed by atoms with van der Waals surface area (Å²) in [6.07, 6.45) is 1.53. The molecule has 1 aliphatic heterocycles. The summed E-state index contributed by atoms with van der Waals surface area (Å²) in [5, 5.41) is 10.7. The molecule has 2 aromatic rings. The van der Waals surface area contributed by atoms with E-state index < -0.39 is 5.91 Å². The third-order valence-corrected chi connectivity index (χ3v) is 5.34. The molecule has 0 bridgehead atoms. The number of nitrogens with one attached hydrogen (secondary N) is 3. The van der Waals surface area contributed by atoms with E-state index in [1.54, 1.807) is 11.4 Å². The van der Waals surface area contributed by atoms with Crippen LogP contribution in [-0.4, -0.2) is 48.4 Å². The summed E-state index contributed by atoms with van der Waals surface area (Å²) in [6, 6.07) is 10.7. The topological polar surface area (TPSA) is 117 Å². The molecule has 1 fully saturated rings. The minimum Gasteiger partial charge on any atom is -0.366 e. The molecule has 1 saturated heterocycles.